The van der Waals surface area contributed by atoms with Crippen LogP contribution in [0.5, 0.6) is 0 Å². The largest absolute Gasteiger partial charge is 0.381 e. The number of nitrogens with one attached hydrogen (secondary N) is 1. The molecule has 3 heteroatoms. The molecule has 2 nitrogen and oxygen atoms in total. The highest BCUT2D eigenvalue weighted by atomic mass is 35.5. The topological polar surface area (TPSA) is 38.0 Å². The van der Waals surface area contributed by atoms with Crippen molar-refractivity contribution in [1.29, 1.82) is 0 Å². The minimum absolute atomic E-state index is 0.591. The number of benzene rings is 1. The zero-order valence-corrected chi connectivity index (χ0v) is 9.01. The molecule has 1 aromatic carbocycles. The van der Waals surface area contributed by atoms with Gasteiger partial charge in [0, 0.05) is 23.8 Å². The minimum Gasteiger partial charge on any atom is -0.381 e. The zero-order chi connectivity index (χ0) is 10.4. The molecule has 0 unspecified atom stereocenters. The van der Waals surface area contributed by atoms with Gasteiger partial charge in [0.05, 0.1) is 0 Å². The van der Waals surface area contributed by atoms with E-state index in [0.717, 1.165) is 17.3 Å². The summed E-state index contributed by atoms with van der Waals surface area (Å²) >= 11 is 5.77. The molecule has 0 fully saturated rings. The second kappa shape index (κ2) is 5.68. The van der Waals surface area contributed by atoms with Gasteiger partial charge in [0.1, 0.15) is 0 Å². The Morgan fingerprint density at radius 3 is 2.64 bits per heavy atom. The van der Waals surface area contributed by atoms with E-state index in [1.807, 2.05) is 30.3 Å². The van der Waals surface area contributed by atoms with Crippen LogP contribution in [0.2, 0.25) is 5.02 Å². The minimum atomic E-state index is 0.591. The highest BCUT2D eigenvalue weighted by molar-refractivity contribution is 6.30. The van der Waals surface area contributed by atoms with E-state index in [-0.39, 0.29) is 0 Å². The second-order valence-corrected chi connectivity index (χ2v) is 3.58. The van der Waals surface area contributed by atoms with E-state index in [1.165, 1.54) is 5.57 Å². The average Bonchev–Trinajstić information content (AvgIpc) is 2.17. The lowest BCUT2D eigenvalue weighted by Gasteiger charge is -2.06. The molecular weight excluding hydrogens is 196 g/mol. The van der Waals surface area contributed by atoms with Crippen LogP contribution >= 0.6 is 11.6 Å². The monoisotopic (exact) mass is 210 g/mol. The smallest absolute Gasteiger partial charge is 0.0407 e. The van der Waals surface area contributed by atoms with Crippen LogP contribution in [0.3, 0.4) is 0 Å². The van der Waals surface area contributed by atoms with Gasteiger partial charge in [0.25, 0.3) is 0 Å². The summed E-state index contributed by atoms with van der Waals surface area (Å²) in [6, 6.07) is 7.65. The lowest BCUT2D eigenvalue weighted by molar-refractivity contribution is 1.14. The third-order valence-corrected chi connectivity index (χ3v) is 2.13. The van der Waals surface area contributed by atoms with Crippen molar-refractivity contribution in [3.63, 3.8) is 0 Å². The van der Waals surface area contributed by atoms with Crippen molar-refractivity contribution in [3.05, 3.63) is 40.9 Å². The van der Waals surface area contributed by atoms with Gasteiger partial charge >= 0.3 is 0 Å². The Hall–Kier alpha value is -0.990. The quantitative estimate of drug-likeness (QED) is 0.750. The summed E-state index contributed by atoms with van der Waals surface area (Å²) in [5, 5.41) is 4.03. The normalized spacial score (nSPS) is 11.5. The Morgan fingerprint density at radius 1 is 1.43 bits per heavy atom. The SMILES string of the molecule is C/C(=C\CN)CNc1ccc(Cl)cc1. The number of rotatable bonds is 4. The summed E-state index contributed by atoms with van der Waals surface area (Å²) in [6.07, 6.45) is 2.00. The van der Waals surface area contributed by atoms with Gasteiger partial charge in [0.2, 0.25) is 0 Å². The van der Waals surface area contributed by atoms with E-state index in [9.17, 15) is 0 Å². The molecule has 0 aliphatic carbocycles. The molecule has 0 spiro atoms. The molecule has 0 amide bonds. The first-order valence-corrected chi connectivity index (χ1v) is 4.95. The van der Waals surface area contributed by atoms with Crippen molar-refractivity contribution < 1.29 is 0 Å². The van der Waals surface area contributed by atoms with Crippen molar-refractivity contribution in [1.82, 2.24) is 0 Å². The molecule has 0 heterocycles. The first-order chi connectivity index (χ1) is 6.72. The maximum Gasteiger partial charge on any atom is 0.0407 e. The van der Waals surface area contributed by atoms with Gasteiger partial charge in [-0.05, 0) is 31.2 Å². The molecule has 76 valence electrons. The van der Waals surface area contributed by atoms with E-state index in [2.05, 4.69) is 12.2 Å². The van der Waals surface area contributed by atoms with Gasteiger partial charge in [-0.2, -0.15) is 0 Å². The highest BCUT2D eigenvalue weighted by Crippen LogP contribution is 2.13. The fourth-order valence-electron chi connectivity index (χ4n) is 1.08. The molecule has 0 saturated carbocycles. The lowest BCUT2D eigenvalue weighted by Crippen LogP contribution is -2.04. The van der Waals surface area contributed by atoms with Crippen LogP contribution in [0.1, 0.15) is 6.92 Å². The van der Waals surface area contributed by atoms with E-state index < -0.39 is 0 Å². The van der Waals surface area contributed by atoms with Gasteiger partial charge < -0.3 is 11.1 Å². The van der Waals surface area contributed by atoms with Gasteiger partial charge in [-0.15, -0.1) is 0 Å². The molecule has 0 aliphatic rings. The van der Waals surface area contributed by atoms with Crippen molar-refractivity contribution in [2.24, 2.45) is 5.73 Å². The third kappa shape index (κ3) is 3.81. The Balaban J connectivity index is 2.46. The molecule has 14 heavy (non-hydrogen) atoms. The van der Waals surface area contributed by atoms with E-state index in [4.69, 9.17) is 17.3 Å². The predicted octanol–water partition coefficient (Wildman–Crippen LogP) is 2.66. The summed E-state index contributed by atoms with van der Waals surface area (Å²) < 4.78 is 0. The van der Waals surface area contributed by atoms with E-state index in [1.54, 1.807) is 0 Å². The summed E-state index contributed by atoms with van der Waals surface area (Å²) in [6.45, 7) is 3.46. The first-order valence-electron chi connectivity index (χ1n) is 4.57. The maximum absolute atomic E-state index is 5.77. The number of nitrogens with two attached hydrogens (primary N) is 1. The molecule has 1 rings (SSSR count). The van der Waals surface area contributed by atoms with Crippen molar-refractivity contribution >= 4 is 17.3 Å². The molecule has 0 bridgehead atoms. The molecule has 3 N–H and O–H groups in total. The molecule has 0 aliphatic heterocycles. The molecule has 1 aromatic rings. The Morgan fingerprint density at radius 2 is 2.07 bits per heavy atom. The van der Waals surface area contributed by atoms with Gasteiger partial charge in [-0.1, -0.05) is 23.3 Å². The van der Waals surface area contributed by atoms with Crippen LogP contribution < -0.4 is 11.1 Å². The van der Waals surface area contributed by atoms with Crippen molar-refractivity contribution in [3.8, 4) is 0 Å². The van der Waals surface area contributed by atoms with Crippen LogP contribution in [0.15, 0.2) is 35.9 Å². The summed E-state index contributed by atoms with van der Waals surface area (Å²) in [7, 11) is 0. The number of hydrogen-bond acceptors (Lipinski definition) is 2. The Kier molecular flexibility index (Phi) is 4.50. The predicted molar refractivity (Wildman–Crippen MR) is 62.8 cm³/mol. The highest BCUT2D eigenvalue weighted by Gasteiger charge is 1.92. The van der Waals surface area contributed by atoms with Gasteiger partial charge in [-0.25, -0.2) is 0 Å². The fourth-order valence-corrected chi connectivity index (χ4v) is 1.21. The Bertz CT molecular complexity index is 304. The standard InChI is InChI=1S/C11H15ClN2/c1-9(6-7-13)8-14-11-4-2-10(12)3-5-11/h2-6,14H,7-8,13H2,1H3/b9-6+. The molecule has 0 radical (unpaired) electrons. The van der Waals surface area contributed by atoms with Crippen LogP contribution in [0.4, 0.5) is 5.69 Å². The van der Waals surface area contributed by atoms with Gasteiger partial charge in [-0.3, -0.25) is 0 Å². The second-order valence-electron chi connectivity index (χ2n) is 3.15. The molecule has 0 saturated heterocycles. The molecule has 0 atom stereocenters. The van der Waals surface area contributed by atoms with Crippen molar-refractivity contribution in [2.75, 3.05) is 18.4 Å². The van der Waals surface area contributed by atoms with Crippen LogP contribution in [-0.2, 0) is 0 Å². The molecular formula is C11H15ClN2. The summed E-state index contributed by atoms with van der Waals surface area (Å²) in [5.41, 5.74) is 7.70. The number of halogens is 1. The summed E-state index contributed by atoms with van der Waals surface area (Å²) in [4.78, 5) is 0. The molecule has 0 aromatic heterocycles. The average molecular weight is 211 g/mol. The van der Waals surface area contributed by atoms with E-state index >= 15 is 0 Å². The van der Waals surface area contributed by atoms with Crippen LogP contribution in [0, 0.1) is 0 Å². The van der Waals surface area contributed by atoms with Crippen molar-refractivity contribution in [2.45, 2.75) is 6.92 Å². The lowest BCUT2D eigenvalue weighted by atomic mass is 10.2. The fraction of sp³-hybridized carbons (Fsp3) is 0.273. The zero-order valence-electron chi connectivity index (χ0n) is 8.26. The van der Waals surface area contributed by atoms with Crippen LogP contribution in [0.25, 0.3) is 0 Å². The first kappa shape index (κ1) is 11.1. The van der Waals surface area contributed by atoms with Crippen LogP contribution in [-0.4, -0.2) is 13.1 Å². The Labute approximate surface area is 89.8 Å². The number of anilines is 1. The summed E-state index contributed by atoms with van der Waals surface area (Å²) in [5.74, 6) is 0. The van der Waals surface area contributed by atoms with Gasteiger partial charge in [0.15, 0.2) is 0 Å². The maximum atomic E-state index is 5.77. The van der Waals surface area contributed by atoms with E-state index in [0.29, 0.717) is 6.54 Å². The number of hydrogen-bond donors (Lipinski definition) is 2. The third-order valence-electron chi connectivity index (χ3n) is 1.88.